The van der Waals surface area contributed by atoms with Crippen LogP contribution in [-0.4, -0.2) is 28.3 Å². The fourth-order valence-corrected chi connectivity index (χ4v) is 2.80. The Morgan fingerprint density at radius 1 is 0.962 bits per heavy atom. The van der Waals surface area contributed by atoms with Crippen LogP contribution in [0, 0.1) is 0 Å². The van der Waals surface area contributed by atoms with Gasteiger partial charge in [-0.2, -0.15) is 0 Å². The molecule has 1 aromatic carbocycles. The van der Waals surface area contributed by atoms with Crippen molar-refractivity contribution in [3.8, 4) is 0 Å². The second-order valence-electron chi connectivity index (χ2n) is 5.31. The van der Waals surface area contributed by atoms with Gasteiger partial charge in [-0.1, -0.05) is 12.1 Å². The highest BCUT2D eigenvalue weighted by Crippen LogP contribution is 2.17. The summed E-state index contributed by atoms with van der Waals surface area (Å²) in [5, 5.41) is 10.4. The van der Waals surface area contributed by atoms with E-state index < -0.39 is 0 Å². The molecule has 0 fully saturated rings. The first-order chi connectivity index (χ1) is 12.7. The summed E-state index contributed by atoms with van der Waals surface area (Å²) in [6.07, 6.45) is 3.53. The molecule has 0 bridgehead atoms. The van der Waals surface area contributed by atoms with Crippen molar-refractivity contribution in [3.63, 3.8) is 0 Å². The zero-order chi connectivity index (χ0) is 18.2. The topological polar surface area (TPSA) is 96.0 Å². The Morgan fingerprint density at radius 3 is 2.46 bits per heavy atom. The highest BCUT2D eigenvalue weighted by molar-refractivity contribution is 7.12. The Morgan fingerprint density at radius 2 is 1.73 bits per heavy atom. The molecule has 8 heteroatoms. The number of nitrogens with zero attached hydrogens (tertiary/aromatic N) is 2. The molecule has 0 saturated heterocycles. The lowest BCUT2D eigenvalue weighted by molar-refractivity contribution is -0.115. The maximum atomic E-state index is 12.1. The summed E-state index contributed by atoms with van der Waals surface area (Å²) in [5.74, 6) is 0.171. The van der Waals surface area contributed by atoms with Gasteiger partial charge in [-0.05, 0) is 35.7 Å². The molecule has 3 N–H and O–H groups in total. The predicted molar refractivity (Wildman–Crippen MR) is 102 cm³/mol. The Hall–Kier alpha value is -3.26. The zero-order valence-electron chi connectivity index (χ0n) is 13.8. The number of nitrogens with one attached hydrogen (secondary N) is 3. The van der Waals surface area contributed by atoms with Crippen molar-refractivity contribution in [2.45, 2.75) is 6.42 Å². The van der Waals surface area contributed by atoms with Gasteiger partial charge in [0.25, 0.3) is 5.91 Å². The maximum Gasteiger partial charge on any atom is 0.265 e. The average Bonchev–Trinajstić information content (AvgIpc) is 3.18. The van der Waals surface area contributed by atoms with E-state index in [0.717, 1.165) is 0 Å². The minimum absolute atomic E-state index is 0.143. The van der Waals surface area contributed by atoms with Crippen LogP contribution in [-0.2, 0) is 4.79 Å². The molecule has 2 heterocycles. The van der Waals surface area contributed by atoms with Gasteiger partial charge in [0.1, 0.15) is 0 Å². The molecular formula is C18H17N5O2S. The number of carbonyl (C=O) groups excluding carboxylic acids is 2. The van der Waals surface area contributed by atoms with Gasteiger partial charge in [-0.15, -0.1) is 11.3 Å². The molecule has 0 unspecified atom stereocenters. The fraction of sp³-hybridized carbons (Fsp3) is 0.111. The molecule has 2 aromatic heterocycles. The standard InChI is InChI=1S/C18H17N5O2S/c24-16(7-10-21-18-19-8-3-9-20-18)22-13-4-1-5-14(12-13)23-17(25)15-6-2-11-26-15/h1-6,8-9,11-12H,7,10H2,(H,22,24)(H,23,25)(H,19,20,21). The summed E-state index contributed by atoms with van der Waals surface area (Å²) in [4.78, 5) is 32.8. The molecule has 0 aliphatic carbocycles. The van der Waals surface area contributed by atoms with E-state index in [9.17, 15) is 9.59 Å². The third-order valence-corrected chi connectivity index (χ3v) is 4.22. The van der Waals surface area contributed by atoms with Crippen molar-refractivity contribution in [1.82, 2.24) is 9.97 Å². The summed E-state index contributed by atoms with van der Waals surface area (Å²) < 4.78 is 0. The summed E-state index contributed by atoms with van der Waals surface area (Å²) in [6, 6.07) is 12.3. The third kappa shape index (κ3) is 5.12. The third-order valence-electron chi connectivity index (χ3n) is 3.35. The highest BCUT2D eigenvalue weighted by atomic mass is 32.1. The van der Waals surface area contributed by atoms with Crippen LogP contribution in [0.2, 0.25) is 0 Å². The van der Waals surface area contributed by atoms with Crippen LogP contribution in [0.3, 0.4) is 0 Å². The van der Waals surface area contributed by atoms with Gasteiger partial charge in [-0.25, -0.2) is 9.97 Å². The van der Waals surface area contributed by atoms with Crippen LogP contribution in [0.25, 0.3) is 0 Å². The molecule has 0 aliphatic heterocycles. The normalized spacial score (nSPS) is 10.2. The number of hydrogen-bond acceptors (Lipinski definition) is 6. The first kappa shape index (κ1) is 17.6. The first-order valence-corrected chi connectivity index (χ1v) is 8.84. The number of benzene rings is 1. The molecule has 3 rings (SSSR count). The van der Waals surface area contributed by atoms with Gasteiger partial charge in [-0.3, -0.25) is 9.59 Å². The van der Waals surface area contributed by atoms with Crippen molar-refractivity contribution < 1.29 is 9.59 Å². The molecular weight excluding hydrogens is 350 g/mol. The Kier molecular flexibility index (Phi) is 5.89. The summed E-state index contributed by atoms with van der Waals surface area (Å²) in [7, 11) is 0. The van der Waals surface area contributed by atoms with Gasteiger partial charge in [0, 0.05) is 36.7 Å². The summed E-state index contributed by atoms with van der Waals surface area (Å²) in [6.45, 7) is 0.421. The molecule has 2 amide bonds. The number of thiophene rings is 1. The molecule has 0 spiro atoms. The van der Waals surface area contributed by atoms with Crippen LogP contribution < -0.4 is 16.0 Å². The lowest BCUT2D eigenvalue weighted by Gasteiger charge is -2.09. The molecule has 3 aromatic rings. The van der Waals surface area contributed by atoms with Crippen LogP contribution in [0.1, 0.15) is 16.1 Å². The van der Waals surface area contributed by atoms with Gasteiger partial charge >= 0.3 is 0 Å². The Labute approximate surface area is 154 Å². The molecule has 0 saturated carbocycles. The molecule has 0 atom stereocenters. The smallest absolute Gasteiger partial charge is 0.265 e. The molecule has 26 heavy (non-hydrogen) atoms. The van der Waals surface area contributed by atoms with Gasteiger partial charge in [0.15, 0.2) is 0 Å². The van der Waals surface area contributed by atoms with Crippen molar-refractivity contribution in [3.05, 3.63) is 65.1 Å². The van der Waals surface area contributed by atoms with Crippen molar-refractivity contribution in [2.75, 3.05) is 22.5 Å². The lowest BCUT2D eigenvalue weighted by atomic mass is 10.2. The number of anilines is 3. The average molecular weight is 367 g/mol. The second-order valence-corrected chi connectivity index (χ2v) is 6.26. The number of aromatic nitrogens is 2. The summed E-state index contributed by atoms with van der Waals surface area (Å²) >= 11 is 1.37. The number of hydrogen-bond donors (Lipinski definition) is 3. The minimum atomic E-state index is -0.171. The van der Waals surface area contributed by atoms with Gasteiger partial charge in [0.05, 0.1) is 4.88 Å². The number of amides is 2. The SMILES string of the molecule is O=C(CCNc1ncccn1)Nc1cccc(NC(=O)c2cccs2)c1. The second kappa shape index (κ2) is 8.72. The molecule has 0 radical (unpaired) electrons. The van der Waals surface area contributed by atoms with Crippen LogP contribution >= 0.6 is 11.3 Å². The number of carbonyl (C=O) groups is 2. The van der Waals surface area contributed by atoms with Crippen molar-refractivity contribution >= 4 is 40.5 Å². The lowest BCUT2D eigenvalue weighted by Crippen LogP contribution is -2.17. The van der Waals surface area contributed by atoms with E-state index in [1.54, 1.807) is 48.8 Å². The van der Waals surface area contributed by atoms with E-state index in [1.807, 2.05) is 11.4 Å². The molecule has 7 nitrogen and oxygen atoms in total. The molecule has 132 valence electrons. The van der Waals surface area contributed by atoms with Gasteiger partial charge in [0.2, 0.25) is 11.9 Å². The van der Waals surface area contributed by atoms with Crippen LogP contribution in [0.15, 0.2) is 60.2 Å². The first-order valence-electron chi connectivity index (χ1n) is 7.96. The van der Waals surface area contributed by atoms with E-state index in [-0.39, 0.29) is 18.2 Å². The fourth-order valence-electron chi connectivity index (χ4n) is 2.18. The summed E-state index contributed by atoms with van der Waals surface area (Å²) in [5.41, 5.74) is 1.24. The highest BCUT2D eigenvalue weighted by Gasteiger charge is 2.08. The van der Waals surface area contributed by atoms with Gasteiger partial charge < -0.3 is 16.0 Å². The van der Waals surface area contributed by atoms with Crippen LogP contribution in [0.4, 0.5) is 17.3 Å². The quantitative estimate of drug-likeness (QED) is 0.596. The molecule has 0 aliphatic rings. The Bertz CT molecular complexity index is 868. The predicted octanol–water partition coefficient (Wildman–Crippen LogP) is 3.23. The van der Waals surface area contributed by atoms with E-state index in [2.05, 4.69) is 25.9 Å². The van der Waals surface area contributed by atoms with E-state index >= 15 is 0 Å². The van der Waals surface area contributed by atoms with E-state index in [4.69, 9.17) is 0 Å². The Balaban J connectivity index is 1.50. The van der Waals surface area contributed by atoms with Crippen molar-refractivity contribution in [1.29, 1.82) is 0 Å². The maximum absolute atomic E-state index is 12.1. The minimum Gasteiger partial charge on any atom is -0.354 e. The zero-order valence-corrected chi connectivity index (χ0v) is 14.6. The monoisotopic (exact) mass is 367 g/mol. The van der Waals surface area contributed by atoms with Crippen molar-refractivity contribution in [2.24, 2.45) is 0 Å². The number of rotatable bonds is 7. The van der Waals surface area contributed by atoms with E-state index in [0.29, 0.717) is 28.7 Å². The van der Waals surface area contributed by atoms with Crippen LogP contribution in [0.5, 0.6) is 0 Å². The largest absolute Gasteiger partial charge is 0.354 e. The van der Waals surface area contributed by atoms with E-state index in [1.165, 1.54) is 11.3 Å².